The molecule has 0 aromatic heterocycles. The first-order valence-electron chi connectivity index (χ1n) is 11.2. The van der Waals surface area contributed by atoms with Crippen molar-refractivity contribution < 1.29 is 34.4 Å². The van der Waals surface area contributed by atoms with Gasteiger partial charge >= 0.3 is 12.0 Å². The van der Waals surface area contributed by atoms with Crippen LogP contribution in [-0.2, 0) is 14.3 Å². The number of hydrogen-bond donors (Lipinski definition) is 5. The lowest BCUT2D eigenvalue weighted by Gasteiger charge is -2.66. The predicted octanol–water partition coefficient (Wildman–Crippen LogP) is 0.932. The van der Waals surface area contributed by atoms with Gasteiger partial charge < -0.3 is 35.4 Å². The Morgan fingerprint density at radius 2 is 1.75 bits per heavy atom. The van der Waals surface area contributed by atoms with Gasteiger partial charge in [-0.05, 0) is 54.4 Å². The molecule has 0 aliphatic carbocycles. The number of methoxy groups -OCH3 is 1. The van der Waals surface area contributed by atoms with Crippen molar-refractivity contribution in [1.82, 2.24) is 10.6 Å². The third kappa shape index (κ3) is 3.53. The number of rotatable bonds is 6. The second-order valence-corrected chi connectivity index (χ2v) is 11.8. The molecule has 4 unspecified atom stereocenters. The molecule has 0 aromatic rings. The van der Waals surface area contributed by atoms with Crippen LogP contribution in [-0.4, -0.2) is 85.5 Å². The van der Waals surface area contributed by atoms with Gasteiger partial charge in [0.1, 0.15) is 22.4 Å². The zero-order chi connectivity index (χ0) is 24.3. The molecule has 10 heteroatoms. The van der Waals surface area contributed by atoms with Gasteiger partial charge in [-0.2, -0.15) is 11.8 Å². The monoisotopic (exact) mass is 474 g/mol. The molecule has 0 saturated carbocycles. The summed E-state index contributed by atoms with van der Waals surface area (Å²) in [6.07, 6.45) is 1.74. The molecule has 184 valence electrons. The van der Waals surface area contributed by atoms with E-state index in [0.717, 1.165) is 12.2 Å². The lowest BCUT2D eigenvalue weighted by molar-refractivity contribution is -0.402. The molecule has 3 aliphatic rings. The lowest BCUT2D eigenvalue weighted by atomic mass is 9.55. The summed E-state index contributed by atoms with van der Waals surface area (Å²) in [5, 5.41) is 40.1. The van der Waals surface area contributed by atoms with Crippen LogP contribution in [0.3, 0.4) is 0 Å². The van der Waals surface area contributed by atoms with E-state index >= 15 is 0 Å². The highest BCUT2D eigenvalue weighted by molar-refractivity contribution is 8.00. The quantitative estimate of drug-likeness (QED) is 0.283. The summed E-state index contributed by atoms with van der Waals surface area (Å²) in [6, 6.07) is 0.0313. The maximum atomic E-state index is 12.9. The van der Waals surface area contributed by atoms with Crippen molar-refractivity contribution in [2.45, 2.75) is 106 Å². The standard InChI is InChI=1S/C22H38N2O7S/c1-18(2)20(4,27)22(6,29)21(5,28)19(3,31-18)12(16(25)30-7)9-8-10-14-15-13(11-32-14)23-17(26)24-15/h12-15,27-29H,8-11H2,1-7H3,(H2,23,24,26)/t12?,13-,14?,15-,19+,20+,21?,22?/m0/s1. The van der Waals surface area contributed by atoms with Crippen molar-refractivity contribution in [3.05, 3.63) is 0 Å². The normalized spacial score (nSPS) is 46.2. The van der Waals surface area contributed by atoms with E-state index in [-0.39, 0.29) is 23.4 Å². The van der Waals surface area contributed by atoms with Crippen molar-refractivity contribution in [2.24, 2.45) is 5.92 Å². The molecular weight excluding hydrogens is 436 g/mol. The van der Waals surface area contributed by atoms with Gasteiger partial charge in [-0.1, -0.05) is 6.42 Å². The zero-order valence-corrected chi connectivity index (χ0v) is 20.8. The number of fused-ring (bicyclic) bond motifs is 1. The number of hydrogen-bond acceptors (Lipinski definition) is 8. The number of carbonyl (C=O) groups excluding carboxylic acids is 2. The van der Waals surface area contributed by atoms with Crippen molar-refractivity contribution in [3.63, 3.8) is 0 Å². The zero-order valence-electron chi connectivity index (χ0n) is 20.0. The third-order valence-corrected chi connectivity index (χ3v) is 10.1. The summed E-state index contributed by atoms with van der Waals surface area (Å²) in [5.41, 5.74) is -8.57. The summed E-state index contributed by atoms with van der Waals surface area (Å²) in [5.74, 6) is -0.590. The molecule has 3 fully saturated rings. The second kappa shape index (κ2) is 8.01. The molecule has 9 nitrogen and oxygen atoms in total. The Morgan fingerprint density at radius 1 is 1.12 bits per heavy atom. The number of amides is 2. The molecular formula is C22H38N2O7S. The highest BCUT2D eigenvalue weighted by Crippen LogP contribution is 2.56. The summed E-state index contributed by atoms with van der Waals surface area (Å²) in [4.78, 5) is 24.5. The molecule has 0 spiro atoms. The molecule has 5 N–H and O–H groups in total. The Hall–Kier alpha value is -1.07. The maximum Gasteiger partial charge on any atom is 0.315 e. The van der Waals surface area contributed by atoms with E-state index in [4.69, 9.17) is 9.47 Å². The van der Waals surface area contributed by atoms with Crippen LogP contribution < -0.4 is 10.6 Å². The van der Waals surface area contributed by atoms with E-state index in [2.05, 4.69) is 10.6 Å². The molecule has 0 aromatic carbocycles. The van der Waals surface area contributed by atoms with Crippen molar-refractivity contribution in [1.29, 1.82) is 0 Å². The number of carbonyl (C=O) groups is 2. The summed E-state index contributed by atoms with van der Waals surface area (Å²) >= 11 is 1.79. The Morgan fingerprint density at radius 3 is 2.34 bits per heavy atom. The van der Waals surface area contributed by atoms with Crippen LogP contribution in [0, 0.1) is 5.92 Å². The van der Waals surface area contributed by atoms with Crippen LogP contribution in [0.25, 0.3) is 0 Å². The van der Waals surface area contributed by atoms with Gasteiger partial charge in [0.2, 0.25) is 0 Å². The minimum absolute atomic E-state index is 0.0588. The Kier molecular flexibility index (Phi) is 6.39. The molecule has 3 saturated heterocycles. The van der Waals surface area contributed by atoms with Crippen LogP contribution >= 0.6 is 11.8 Å². The van der Waals surface area contributed by atoms with Gasteiger partial charge in [0.15, 0.2) is 0 Å². The molecule has 2 amide bonds. The SMILES string of the molecule is COC(=O)C(CCCC1SC[C@@H]2NC(=O)N[C@H]12)[C@@]1(C)OC(C)(C)[C@@](C)(O)C(C)(O)C1(C)O. The van der Waals surface area contributed by atoms with E-state index in [1.54, 1.807) is 32.5 Å². The van der Waals surface area contributed by atoms with E-state index in [1.165, 1.54) is 27.9 Å². The molecule has 8 atom stereocenters. The number of ether oxygens (including phenoxy) is 2. The number of nitrogens with one attached hydrogen (secondary N) is 2. The van der Waals surface area contributed by atoms with Gasteiger partial charge in [0.05, 0.1) is 30.7 Å². The Bertz CT molecular complexity index is 769. The van der Waals surface area contributed by atoms with Crippen LogP contribution in [0.15, 0.2) is 0 Å². The first-order valence-corrected chi connectivity index (χ1v) is 12.2. The predicted molar refractivity (Wildman–Crippen MR) is 120 cm³/mol. The molecule has 3 rings (SSSR count). The molecule has 0 radical (unpaired) electrons. The van der Waals surface area contributed by atoms with Crippen LogP contribution in [0.4, 0.5) is 4.79 Å². The minimum Gasteiger partial charge on any atom is -0.469 e. The molecule has 3 aliphatic heterocycles. The third-order valence-electron chi connectivity index (χ3n) is 8.57. The fourth-order valence-corrected chi connectivity index (χ4v) is 7.15. The van der Waals surface area contributed by atoms with Gasteiger partial charge in [0.25, 0.3) is 0 Å². The van der Waals surface area contributed by atoms with Gasteiger partial charge in [-0.15, -0.1) is 0 Å². The second-order valence-electron chi connectivity index (χ2n) is 10.6. The highest BCUT2D eigenvalue weighted by Gasteiger charge is 2.74. The fraction of sp³-hybridized carbons (Fsp3) is 0.909. The van der Waals surface area contributed by atoms with Gasteiger partial charge in [-0.25, -0.2) is 4.79 Å². The topological polar surface area (TPSA) is 137 Å². The van der Waals surface area contributed by atoms with Crippen LogP contribution in [0.5, 0.6) is 0 Å². The number of aliphatic hydroxyl groups is 3. The van der Waals surface area contributed by atoms with Gasteiger partial charge in [-0.3, -0.25) is 4.79 Å². The fourth-order valence-electron chi connectivity index (χ4n) is 5.61. The van der Waals surface area contributed by atoms with Crippen molar-refractivity contribution >= 4 is 23.8 Å². The Balaban J connectivity index is 1.83. The average molecular weight is 475 g/mol. The van der Waals surface area contributed by atoms with E-state index in [0.29, 0.717) is 12.8 Å². The summed E-state index contributed by atoms with van der Waals surface area (Å²) in [6.45, 7) is 9.05. The minimum atomic E-state index is -1.99. The summed E-state index contributed by atoms with van der Waals surface area (Å²) in [7, 11) is 1.28. The number of thioether (sulfide) groups is 1. The highest BCUT2D eigenvalue weighted by atomic mass is 32.2. The first-order chi connectivity index (χ1) is 14.5. The number of esters is 1. The maximum absolute atomic E-state index is 12.9. The van der Waals surface area contributed by atoms with Gasteiger partial charge in [0, 0.05) is 11.0 Å². The van der Waals surface area contributed by atoms with Crippen LogP contribution in [0.1, 0.15) is 60.8 Å². The molecule has 32 heavy (non-hydrogen) atoms. The van der Waals surface area contributed by atoms with Crippen LogP contribution in [0.2, 0.25) is 0 Å². The number of urea groups is 1. The average Bonchev–Trinajstić information content (AvgIpc) is 3.22. The van der Waals surface area contributed by atoms with E-state index < -0.39 is 39.9 Å². The lowest BCUT2D eigenvalue weighted by Crippen LogP contribution is -2.84. The largest absolute Gasteiger partial charge is 0.469 e. The summed E-state index contributed by atoms with van der Waals surface area (Å²) < 4.78 is 11.4. The van der Waals surface area contributed by atoms with Crippen molar-refractivity contribution in [3.8, 4) is 0 Å². The molecule has 0 bridgehead atoms. The van der Waals surface area contributed by atoms with E-state index in [9.17, 15) is 24.9 Å². The smallest absolute Gasteiger partial charge is 0.315 e. The van der Waals surface area contributed by atoms with Crippen molar-refractivity contribution in [2.75, 3.05) is 12.9 Å². The van der Waals surface area contributed by atoms with E-state index in [1.807, 2.05) is 0 Å². The molecule has 3 heterocycles. The first kappa shape index (κ1) is 25.6. The Labute approximate surface area is 194 Å².